The average molecular weight is 476 g/mol. The first-order chi connectivity index (χ1) is 13.2. The van der Waals surface area contributed by atoms with E-state index in [0.717, 1.165) is 12.1 Å². The molecule has 0 aliphatic carbocycles. The first-order valence-electron chi connectivity index (χ1n) is 8.25. The molecule has 0 saturated carbocycles. The summed E-state index contributed by atoms with van der Waals surface area (Å²) in [5, 5.41) is 2.65. The Morgan fingerprint density at radius 1 is 1.29 bits per heavy atom. The molecule has 0 bridgehead atoms. The van der Waals surface area contributed by atoms with E-state index >= 15 is 0 Å². The molecule has 1 heterocycles. The van der Waals surface area contributed by atoms with Gasteiger partial charge in [-0.3, -0.25) is 4.79 Å². The van der Waals surface area contributed by atoms with Gasteiger partial charge in [-0.25, -0.2) is 4.98 Å². The molecule has 0 spiro atoms. The van der Waals surface area contributed by atoms with E-state index in [2.05, 4.69) is 31.2 Å². The van der Waals surface area contributed by atoms with Crippen molar-refractivity contribution in [2.75, 3.05) is 13.1 Å². The Bertz CT molecular complexity index is 1040. The van der Waals surface area contributed by atoms with Gasteiger partial charge >= 0.3 is 6.18 Å². The molecule has 0 atom stereocenters. The Labute approximate surface area is 171 Å². The van der Waals surface area contributed by atoms with Crippen molar-refractivity contribution in [3.63, 3.8) is 0 Å². The monoisotopic (exact) mass is 474 g/mol. The molecular formula is C18H15BrClF3N4O. The van der Waals surface area contributed by atoms with Crippen molar-refractivity contribution in [2.24, 2.45) is 5.73 Å². The Balaban J connectivity index is 1.94. The Kier molecular flexibility index (Phi) is 5.97. The van der Waals surface area contributed by atoms with Gasteiger partial charge in [0.1, 0.15) is 11.3 Å². The summed E-state index contributed by atoms with van der Waals surface area (Å²) in [5.41, 5.74) is 5.96. The van der Waals surface area contributed by atoms with Crippen molar-refractivity contribution in [2.45, 2.75) is 12.6 Å². The molecule has 0 aliphatic heterocycles. The van der Waals surface area contributed by atoms with Gasteiger partial charge in [-0.05, 0) is 43.3 Å². The van der Waals surface area contributed by atoms with Crippen LogP contribution >= 0.6 is 27.5 Å². The van der Waals surface area contributed by atoms with Gasteiger partial charge in [0, 0.05) is 22.1 Å². The van der Waals surface area contributed by atoms with Gasteiger partial charge in [0.2, 0.25) is 0 Å². The molecular weight excluding hydrogens is 461 g/mol. The van der Waals surface area contributed by atoms with Crippen molar-refractivity contribution in [1.82, 2.24) is 15.3 Å². The van der Waals surface area contributed by atoms with E-state index in [1.165, 1.54) is 0 Å². The van der Waals surface area contributed by atoms with Gasteiger partial charge in [0.15, 0.2) is 0 Å². The fraction of sp³-hybridized carbons (Fsp3) is 0.222. The number of alkyl halides is 3. The molecule has 4 N–H and O–H groups in total. The number of nitrogens with zero attached hydrogens (tertiary/aromatic N) is 1. The van der Waals surface area contributed by atoms with E-state index in [0.29, 0.717) is 40.9 Å². The summed E-state index contributed by atoms with van der Waals surface area (Å²) >= 11 is 9.36. The lowest BCUT2D eigenvalue weighted by Gasteiger charge is -2.07. The maximum Gasteiger partial charge on any atom is 0.416 e. The van der Waals surface area contributed by atoms with Crippen LogP contribution in [0.4, 0.5) is 13.2 Å². The summed E-state index contributed by atoms with van der Waals surface area (Å²) in [7, 11) is 0. The molecule has 0 unspecified atom stereocenters. The van der Waals surface area contributed by atoms with Gasteiger partial charge in [0.05, 0.1) is 16.1 Å². The Morgan fingerprint density at radius 3 is 2.68 bits per heavy atom. The van der Waals surface area contributed by atoms with Crippen LogP contribution in [0.15, 0.2) is 34.8 Å². The third-order valence-electron chi connectivity index (χ3n) is 4.02. The van der Waals surface area contributed by atoms with Crippen LogP contribution in [-0.2, 0) is 6.18 Å². The van der Waals surface area contributed by atoms with Crippen LogP contribution in [0.1, 0.15) is 22.3 Å². The maximum absolute atomic E-state index is 13.0. The quantitative estimate of drug-likeness (QED) is 0.466. The second-order valence-electron chi connectivity index (χ2n) is 6.03. The third kappa shape index (κ3) is 4.31. The number of benzene rings is 2. The summed E-state index contributed by atoms with van der Waals surface area (Å²) in [4.78, 5) is 19.3. The van der Waals surface area contributed by atoms with Crippen molar-refractivity contribution in [1.29, 1.82) is 0 Å². The minimum atomic E-state index is -4.51. The highest BCUT2D eigenvalue weighted by Crippen LogP contribution is 2.36. The molecule has 0 radical (unpaired) electrons. The summed E-state index contributed by atoms with van der Waals surface area (Å²) in [6.07, 6.45) is -3.84. The molecule has 0 saturated heterocycles. The van der Waals surface area contributed by atoms with Gasteiger partial charge in [-0.15, -0.1) is 0 Å². The lowest BCUT2D eigenvalue weighted by molar-refractivity contribution is -0.137. The summed E-state index contributed by atoms with van der Waals surface area (Å²) in [5.74, 6) is 0.0846. The molecule has 2 aromatic carbocycles. The van der Waals surface area contributed by atoms with Crippen LogP contribution in [-0.4, -0.2) is 29.0 Å². The smallest absolute Gasteiger partial charge is 0.352 e. The molecule has 10 heteroatoms. The zero-order chi connectivity index (χ0) is 20.5. The van der Waals surface area contributed by atoms with Crippen LogP contribution in [0.25, 0.3) is 22.4 Å². The number of carbonyl (C=O) groups is 1. The first-order valence-corrected chi connectivity index (χ1v) is 9.42. The molecule has 5 nitrogen and oxygen atoms in total. The van der Waals surface area contributed by atoms with Crippen LogP contribution in [0, 0.1) is 0 Å². The number of fused-ring (bicyclic) bond motifs is 1. The average Bonchev–Trinajstić information content (AvgIpc) is 3.05. The number of imidazole rings is 1. The number of hydrogen-bond acceptors (Lipinski definition) is 3. The highest BCUT2D eigenvalue weighted by Gasteiger charge is 2.31. The third-order valence-corrected chi connectivity index (χ3v) is 4.96. The molecule has 0 fully saturated rings. The number of nitrogens with one attached hydrogen (secondary N) is 2. The van der Waals surface area contributed by atoms with E-state index in [9.17, 15) is 18.0 Å². The van der Waals surface area contributed by atoms with Gasteiger partial charge in [-0.2, -0.15) is 13.2 Å². The molecule has 1 aromatic heterocycles. The number of nitrogens with two attached hydrogens (primary N) is 1. The van der Waals surface area contributed by atoms with Crippen molar-refractivity contribution in [3.8, 4) is 11.4 Å². The standard InChI is InChI=1S/C18H15BrClF3N4O/c19-12-6-9(17(28)25-5-1-4-24)2-3-11(12)16-26-14-8-10(18(21,22)23)7-13(20)15(14)27-16/h2-3,6-8H,1,4-5,24H2,(H,25,28)(H,26,27). The van der Waals surface area contributed by atoms with Gasteiger partial charge < -0.3 is 16.0 Å². The van der Waals surface area contributed by atoms with Crippen molar-refractivity contribution >= 4 is 44.5 Å². The Morgan fingerprint density at radius 2 is 2.04 bits per heavy atom. The number of aromatic nitrogens is 2. The second-order valence-corrected chi connectivity index (χ2v) is 7.29. The number of carbonyl (C=O) groups excluding carboxylic acids is 1. The zero-order valence-electron chi connectivity index (χ0n) is 14.3. The number of H-pyrrole nitrogens is 1. The second kappa shape index (κ2) is 8.10. The van der Waals surface area contributed by atoms with Crippen LogP contribution in [0.2, 0.25) is 5.02 Å². The van der Waals surface area contributed by atoms with Gasteiger partial charge in [0.25, 0.3) is 5.91 Å². The normalized spacial score (nSPS) is 11.8. The molecule has 1 amide bonds. The summed E-state index contributed by atoms with van der Waals surface area (Å²) in [6.45, 7) is 0.950. The maximum atomic E-state index is 13.0. The van der Waals surface area contributed by atoms with E-state index < -0.39 is 11.7 Å². The van der Waals surface area contributed by atoms with Crippen LogP contribution in [0.3, 0.4) is 0 Å². The largest absolute Gasteiger partial charge is 0.416 e. The number of rotatable bonds is 5. The van der Waals surface area contributed by atoms with Crippen LogP contribution in [0.5, 0.6) is 0 Å². The molecule has 148 valence electrons. The number of aromatic amines is 1. The molecule has 3 aromatic rings. The Hall–Kier alpha value is -2.10. The topological polar surface area (TPSA) is 83.8 Å². The number of hydrogen-bond donors (Lipinski definition) is 3. The minimum Gasteiger partial charge on any atom is -0.352 e. The van der Waals surface area contributed by atoms with Crippen LogP contribution < -0.4 is 11.1 Å². The fourth-order valence-electron chi connectivity index (χ4n) is 2.62. The molecule has 28 heavy (non-hydrogen) atoms. The number of amides is 1. The summed E-state index contributed by atoms with van der Waals surface area (Å²) in [6, 6.07) is 6.68. The zero-order valence-corrected chi connectivity index (χ0v) is 16.7. The highest BCUT2D eigenvalue weighted by atomic mass is 79.9. The fourth-order valence-corrected chi connectivity index (χ4v) is 3.45. The van der Waals surface area contributed by atoms with Crippen molar-refractivity contribution < 1.29 is 18.0 Å². The number of halogens is 5. The van der Waals surface area contributed by atoms with E-state index in [-0.39, 0.29) is 22.0 Å². The molecule has 3 rings (SSSR count). The predicted octanol–water partition coefficient (Wildman–Crippen LogP) is 4.74. The highest BCUT2D eigenvalue weighted by molar-refractivity contribution is 9.10. The van der Waals surface area contributed by atoms with Gasteiger partial charge in [-0.1, -0.05) is 27.5 Å². The van der Waals surface area contributed by atoms with E-state index in [1.54, 1.807) is 18.2 Å². The lowest BCUT2D eigenvalue weighted by atomic mass is 10.1. The van der Waals surface area contributed by atoms with E-state index in [1.807, 2.05) is 0 Å². The minimum absolute atomic E-state index is 0.0978. The molecule has 0 aliphatic rings. The summed E-state index contributed by atoms with van der Waals surface area (Å²) < 4.78 is 39.5. The first kappa shape index (κ1) is 20.6. The predicted molar refractivity (Wildman–Crippen MR) is 105 cm³/mol. The van der Waals surface area contributed by atoms with E-state index in [4.69, 9.17) is 17.3 Å². The van der Waals surface area contributed by atoms with Crippen molar-refractivity contribution in [3.05, 3.63) is 51.0 Å². The lowest BCUT2D eigenvalue weighted by Crippen LogP contribution is -2.25. The SMILES string of the molecule is NCCCNC(=O)c1ccc(-c2nc3c(Cl)cc(C(F)(F)F)cc3[nH]2)c(Br)c1.